The molecule has 0 amide bonds. The summed E-state index contributed by atoms with van der Waals surface area (Å²) in [5.41, 5.74) is 1.53. The first-order chi connectivity index (χ1) is 15.0. The van der Waals surface area contributed by atoms with Crippen molar-refractivity contribution < 1.29 is 22.7 Å². The average Bonchev–Trinajstić information content (AvgIpc) is 3.15. The van der Waals surface area contributed by atoms with Crippen LogP contribution in [0.25, 0.3) is 16.9 Å². The number of sulfone groups is 1. The van der Waals surface area contributed by atoms with E-state index in [0.29, 0.717) is 48.7 Å². The second-order valence-electron chi connectivity index (χ2n) is 8.95. The zero-order valence-electron chi connectivity index (χ0n) is 18.5. The molecule has 4 rings (SSSR count). The zero-order valence-corrected chi connectivity index (χ0v) is 19.4. The van der Waals surface area contributed by atoms with Gasteiger partial charge in [-0.25, -0.2) is 18.4 Å². The number of nitrogens with zero attached hydrogens (tertiary/aromatic N) is 4. The maximum absolute atomic E-state index is 14.5. The van der Waals surface area contributed by atoms with Crippen LogP contribution in [-0.4, -0.2) is 58.9 Å². The molecule has 10 heteroatoms. The van der Waals surface area contributed by atoms with E-state index in [2.05, 4.69) is 9.97 Å². The average molecular weight is 463 g/mol. The van der Waals surface area contributed by atoms with Gasteiger partial charge in [-0.2, -0.15) is 4.39 Å². The quantitative estimate of drug-likeness (QED) is 0.595. The second-order valence-corrected chi connectivity index (χ2v) is 11.6. The Labute approximate surface area is 186 Å². The predicted molar refractivity (Wildman–Crippen MR) is 119 cm³/mol. The maximum atomic E-state index is 14.5. The molecule has 0 bridgehead atoms. The SMILES string of the molecule is COc1cc2ncc(-c3cc(F)nc(N4CCC(O)CC4)c3)n2cc1S(=O)(=O)C(C)(C)C. The third-order valence-corrected chi connectivity index (χ3v) is 8.25. The number of anilines is 1. The van der Waals surface area contributed by atoms with Gasteiger partial charge in [-0.1, -0.05) is 0 Å². The molecule has 0 saturated carbocycles. The van der Waals surface area contributed by atoms with E-state index < -0.39 is 20.5 Å². The fourth-order valence-corrected chi connectivity index (χ4v) is 5.09. The van der Waals surface area contributed by atoms with Gasteiger partial charge >= 0.3 is 0 Å². The molecular weight excluding hydrogens is 435 g/mol. The highest BCUT2D eigenvalue weighted by Gasteiger charge is 2.34. The standard InChI is InChI=1S/C22H27FN4O4S/c1-22(2,3)32(29,30)18-13-27-16(12-24-20(27)11-17(18)31-4)14-9-19(23)25-21(10-14)26-7-5-15(28)6-8-26/h9-13,15,28H,5-8H2,1-4H3. The summed E-state index contributed by atoms with van der Waals surface area (Å²) in [6.07, 6.45) is 3.89. The van der Waals surface area contributed by atoms with E-state index in [1.54, 1.807) is 43.5 Å². The highest BCUT2D eigenvalue weighted by molar-refractivity contribution is 7.92. The Hall–Kier alpha value is -2.72. The van der Waals surface area contributed by atoms with E-state index in [9.17, 15) is 17.9 Å². The number of hydrogen-bond donors (Lipinski definition) is 1. The van der Waals surface area contributed by atoms with Crippen LogP contribution >= 0.6 is 0 Å². The first-order valence-electron chi connectivity index (χ1n) is 10.4. The van der Waals surface area contributed by atoms with Crippen molar-refractivity contribution in [1.29, 1.82) is 0 Å². The van der Waals surface area contributed by atoms with Gasteiger partial charge in [-0.05, 0) is 39.7 Å². The molecule has 3 aromatic heterocycles. The molecule has 0 atom stereocenters. The minimum absolute atomic E-state index is 0.0408. The van der Waals surface area contributed by atoms with Gasteiger partial charge in [0.05, 0.1) is 29.9 Å². The molecule has 32 heavy (non-hydrogen) atoms. The lowest BCUT2D eigenvalue weighted by atomic mass is 10.1. The van der Waals surface area contributed by atoms with E-state index in [1.807, 2.05) is 4.90 Å². The number of aliphatic hydroxyl groups is 1. The topological polar surface area (TPSA) is 97.0 Å². The lowest BCUT2D eigenvalue weighted by Gasteiger charge is -2.30. The zero-order chi connectivity index (χ0) is 23.3. The second kappa shape index (κ2) is 8.00. The lowest BCUT2D eigenvalue weighted by Crippen LogP contribution is -2.36. The Kier molecular flexibility index (Phi) is 5.62. The van der Waals surface area contributed by atoms with E-state index in [0.717, 1.165) is 0 Å². The van der Waals surface area contributed by atoms with E-state index in [-0.39, 0.29) is 16.7 Å². The maximum Gasteiger partial charge on any atom is 0.215 e. The van der Waals surface area contributed by atoms with Crippen molar-refractivity contribution in [3.63, 3.8) is 0 Å². The molecule has 1 saturated heterocycles. The molecular formula is C22H27FN4O4S. The van der Waals surface area contributed by atoms with Crippen LogP contribution in [0.1, 0.15) is 33.6 Å². The summed E-state index contributed by atoms with van der Waals surface area (Å²) >= 11 is 0. The van der Waals surface area contributed by atoms with Crippen LogP contribution in [0.2, 0.25) is 0 Å². The smallest absolute Gasteiger partial charge is 0.215 e. The summed E-state index contributed by atoms with van der Waals surface area (Å²) in [5, 5.41) is 9.75. The number of hydrogen-bond acceptors (Lipinski definition) is 7. The number of pyridine rings is 2. The number of rotatable bonds is 4. The van der Waals surface area contributed by atoms with Crippen LogP contribution in [0.3, 0.4) is 0 Å². The molecule has 172 valence electrons. The Morgan fingerprint density at radius 1 is 1.19 bits per heavy atom. The molecule has 0 aromatic carbocycles. The van der Waals surface area contributed by atoms with Gasteiger partial charge in [0.15, 0.2) is 9.84 Å². The van der Waals surface area contributed by atoms with Crippen LogP contribution < -0.4 is 9.64 Å². The number of piperidine rings is 1. The summed E-state index contributed by atoms with van der Waals surface area (Å²) < 4.78 is 46.7. The minimum atomic E-state index is -3.72. The molecule has 1 aliphatic rings. The number of aliphatic hydroxyl groups excluding tert-OH is 1. The molecule has 0 spiro atoms. The third-order valence-electron chi connectivity index (χ3n) is 5.76. The number of methoxy groups -OCH3 is 1. The lowest BCUT2D eigenvalue weighted by molar-refractivity contribution is 0.145. The number of ether oxygens (including phenoxy) is 1. The molecule has 1 fully saturated rings. The van der Waals surface area contributed by atoms with Gasteiger partial charge in [0.25, 0.3) is 0 Å². The first-order valence-corrected chi connectivity index (χ1v) is 11.9. The Bertz CT molecular complexity index is 1260. The first kappa shape index (κ1) is 22.5. The van der Waals surface area contributed by atoms with Gasteiger partial charge in [0.1, 0.15) is 22.1 Å². The Balaban J connectivity index is 1.85. The van der Waals surface area contributed by atoms with Gasteiger partial charge in [-0.15, -0.1) is 0 Å². The largest absolute Gasteiger partial charge is 0.495 e. The highest BCUT2D eigenvalue weighted by atomic mass is 32.2. The number of aromatic nitrogens is 3. The Morgan fingerprint density at radius 3 is 2.50 bits per heavy atom. The fraction of sp³-hybridized carbons (Fsp3) is 0.455. The monoisotopic (exact) mass is 462 g/mol. The van der Waals surface area contributed by atoms with Crippen LogP contribution in [0.5, 0.6) is 5.75 Å². The number of imidazole rings is 1. The van der Waals surface area contributed by atoms with Crippen molar-refractivity contribution in [2.75, 3.05) is 25.1 Å². The molecule has 8 nitrogen and oxygen atoms in total. The molecule has 1 aliphatic heterocycles. The predicted octanol–water partition coefficient (Wildman–Crippen LogP) is 3.08. The normalized spacial score (nSPS) is 16.0. The van der Waals surface area contributed by atoms with Crippen LogP contribution in [0.4, 0.5) is 10.2 Å². The van der Waals surface area contributed by atoms with Gasteiger partial charge in [0, 0.05) is 37.0 Å². The summed E-state index contributed by atoms with van der Waals surface area (Å²) in [6.45, 7) is 6.04. The fourth-order valence-electron chi connectivity index (χ4n) is 3.78. The summed E-state index contributed by atoms with van der Waals surface area (Å²) in [4.78, 5) is 10.4. The van der Waals surface area contributed by atoms with Crippen molar-refractivity contribution >= 4 is 21.3 Å². The molecule has 0 radical (unpaired) electrons. The molecule has 1 N–H and O–H groups in total. The minimum Gasteiger partial charge on any atom is -0.495 e. The van der Waals surface area contributed by atoms with E-state index in [1.165, 1.54) is 19.4 Å². The van der Waals surface area contributed by atoms with Crippen molar-refractivity contribution in [3.8, 4) is 17.0 Å². The van der Waals surface area contributed by atoms with E-state index >= 15 is 0 Å². The van der Waals surface area contributed by atoms with Gasteiger partial charge < -0.3 is 14.7 Å². The molecule has 0 aliphatic carbocycles. The van der Waals surface area contributed by atoms with E-state index in [4.69, 9.17) is 4.74 Å². The van der Waals surface area contributed by atoms with Crippen molar-refractivity contribution in [1.82, 2.24) is 14.4 Å². The molecule has 3 aromatic rings. The third kappa shape index (κ3) is 3.93. The summed E-state index contributed by atoms with van der Waals surface area (Å²) in [7, 11) is -2.30. The van der Waals surface area contributed by atoms with Gasteiger partial charge in [-0.3, -0.25) is 4.40 Å². The van der Waals surface area contributed by atoms with Crippen LogP contribution in [-0.2, 0) is 9.84 Å². The van der Waals surface area contributed by atoms with Crippen molar-refractivity contribution in [3.05, 3.63) is 36.5 Å². The van der Waals surface area contributed by atoms with Crippen molar-refractivity contribution in [2.24, 2.45) is 0 Å². The van der Waals surface area contributed by atoms with Gasteiger partial charge in [0.2, 0.25) is 5.95 Å². The number of halogens is 1. The molecule has 4 heterocycles. The van der Waals surface area contributed by atoms with Crippen molar-refractivity contribution in [2.45, 2.75) is 49.4 Å². The summed E-state index contributed by atoms with van der Waals surface area (Å²) in [5.74, 6) is 0.0329. The highest BCUT2D eigenvalue weighted by Crippen LogP contribution is 2.35. The summed E-state index contributed by atoms with van der Waals surface area (Å²) in [6, 6.07) is 4.62. The van der Waals surface area contributed by atoms with Crippen LogP contribution in [0.15, 0.2) is 35.5 Å². The van der Waals surface area contributed by atoms with Crippen LogP contribution in [0, 0.1) is 5.95 Å². The molecule has 0 unspecified atom stereocenters. The number of fused-ring (bicyclic) bond motifs is 1. The Morgan fingerprint density at radius 2 is 1.88 bits per heavy atom.